The van der Waals surface area contributed by atoms with Crippen LogP contribution in [0.2, 0.25) is 0 Å². The van der Waals surface area contributed by atoms with Crippen molar-refractivity contribution >= 4 is 5.91 Å². The van der Waals surface area contributed by atoms with Crippen molar-refractivity contribution in [2.24, 2.45) is 5.92 Å². The first-order chi connectivity index (χ1) is 5.24. The number of hydrogen-bond acceptors (Lipinski definition) is 2. The molecule has 3 heteroatoms. The Labute approximate surface area is 66.1 Å². The van der Waals surface area contributed by atoms with Crippen molar-refractivity contribution in [2.45, 2.75) is 13.0 Å². The fraction of sp³-hybridized carbons (Fsp3) is 0.625. The highest BCUT2D eigenvalue weighted by Gasteiger charge is 2.26. The highest BCUT2D eigenvalue weighted by atomic mass is 16.5. The molecule has 1 saturated heterocycles. The monoisotopic (exact) mass is 153 g/mol. The van der Waals surface area contributed by atoms with Gasteiger partial charge in [0.15, 0.2) is 0 Å². The molecule has 3 nitrogen and oxygen atoms in total. The van der Waals surface area contributed by atoms with Crippen molar-refractivity contribution in [1.82, 2.24) is 5.32 Å². The van der Waals surface area contributed by atoms with Crippen LogP contribution in [0.25, 0.3) is 0 Å². The molecule has 1 atom stereocenters. The molecule has 60 valence electrons. The molecule has 1 unspecified atom stereocenters. The lowest BCUT2D eigenvalue weighted by Gasteiger charge is -2.25. The van der Waals surface area contributed by atoms with Gasteiger partial charge in [-0.3, -0.25) is 4.79 Å². The van der Waals surface area contributed by atoms with Crippen LogP contribution in [0, 0.1) is 18.3 Å². The second-order valence-electron chi connectivity index (χ2n) is 2.63. The van der Waals surface area contributed by atoms with E-state index in [9.17, 15) is 4.79 Å². The zero-order valence-electron chi connectivity index (χ0n) is 6.46. The highest BCUT2D eigenvalue weighted by Crippen LogP contribution is 2.09. The van der Waals surface area contributed by atoms with Crippen molar-refractivity contribution in [3.05, 3.63) is 0 Å². The minimum absolute atomic E-state index is 0.00157. The summed E-state index contributed by atoms with van der Waals surface area (Å²) in [6.45, 7) is 2.84. The van der Waals surface area contributed by atoms with Gasteiger partial charge in [-0.15, -0.1) is 6.42 Å². The molecule has 1 aliphatic rings. The Balaban J connectivity index is 2.26. The van der Waals surface area contributed by atoms with Gasteiger partial charge in [-0.1, -0.05) is 5.92 Å². The van der Waals surface area contributed by atoms with Crippen molar-refractivity contribution in [1.29, 1.82) is 0 Å². The number of hydrogen-bond donors (Lipinski definition) is 1. The number of carbonyl (C=O) groups excluding carboxylic acids is 1. The van der Waals surface area contributed by atoms with Crippen molar-refractivity contribution < 1.29 is 9.53 Å². The molecule has 1 rings (SSSR count). The van der Waals surface area contributed by atoms with Gasteiger partial charge in [0.05, 0.1) is 25.2 Å². The van der Waals surface area contributed by atoms with Gasteiger partial charge < -0.3 is 10.1 Å². The van der Waals surface area contributed by atoms with Crippen molar-refractivity contribution in [2.75, 3.05) is 13.2 Å². The molecule has 11 heavy (non-hydrogen) atoms. The zero-order valence-corrected chi connectivity index (χ0v) is 6.46. The van der Waals surface area contributed by atoms with Crippen molar-refractivity contribution in [3.8, 4) is 12.3 Å². The predicted octanol–water partition coefficient (Wildman–Crippen LogP) is -0.229. The van der Waals surface area contributed by atoms with Gasteiger partial charge >= 0.3 is 0 Å². The van der Waals surface area contributed by atoms with Gasteiger partial charge in [-0.25, -0.2) is 0 Å². The summed E-state index contributed by atoms with van der Waals surface area (Å²) in [5.41, 5.74) is 0. The number of rotatable bonds is 2. The molecule has 0 radical (unpaired) electrons. The maximum atomic E-state index is 11.1. The average Bonchev–Trinajstić information content (AvgIpc) is 1.83. The summed E-state index contributed by atoms with van der Waals surface area (Å²) in [6, 6.07) is -0.178. The van der Waals surface area contributed by atoms with E-state index < -0.39 is 0 Å². The van der Waals surface area contributed by atoms with Crippen LogP contribution in [0.5, 0.6) is 0 Å². The first-order valence-electron chi connectivity index (χ1n) is 3.58. The van der Waals surface area contributed by atoms with Gasteiger partial charge in [0, 0.05) is 0 Å². The Morgan fingerprint density at radius 2 is 2.45 bits per heavy atom. The van der Waals surface area contributed by atoms with Crippen molar-refractivity contribution in [3.63, 3.8) is 0 Å². The lowest BCUT2D eigenvalue weighted by Crippen LogP contribution is -2.44. The quantitative estimate of drug-likeness (QED) is 0.556. The summed E-state index contributed by atoms with van der Waals surface area (Å²) in [7, 11) is 0. The van der Waals surface area contributed by atoms with Crippen LogP contribution in [0.1, 0.15) is 6.92 Å². The molecule has 0 bridgehead atoms. The smallest absolute Gasteiger partial charge is 0.228 e. The fourth-order valence-electron chi connectivity index (χ4n) is 0.760. The molecule has 1 N–H and O–H groups in total. The second-order valence-corrected chi connectivity index (χ2v) is 2.63. The third kappa shape index (κ3) is 1.95. The topological polar surface area (TPSA) is 38.3 Å². The summed E-state index contributed by atoms with van der Waals surface area (Å²) < 4.78 is 4.86. The van der Waals surface area contributed by atoms with Gasteiger partial charge in [0.2, 0.25) is 5.91 Å². The molecule has 0 aromatic heterocycles. The van der Waals surface area contributed by atoms with E-state index in [0.717, 1.165) is 0 Å². The minimum Gasteiger partial charge on any atom is -0.380 e. The number of carbonyl (C=O) groups is 1. The van der Waals surface area contributed by atoms with E-state index in [4.69, 9.17) is 11.2 Å². The molecule has 0 spiro atoms. The van der Waals surface area contributed by atoms with E-state index in [0.29, 0.717) is 13.2 Å². The molecule has 0 saturated carbocycles. The minimum atomic E-state index is -0.178. The molecule has 1 fully saturated rings. The molecule has 0 aromatic rings. The maximum Gasteiger partial charge on any atom is 0.228 e. The van der Waals surface area contributed by atoms with Crippen LogP contribution in [-0.2, 0) is 9.53 Å². The van der Waals surface area contributed by atoms with Gasteiger partial charge in [0.25, 0.3) is 0 Å². The standard InChI is InChI=1S/C8H11NO2/c1-3-6(2)9-8(10)7-4-11-5-7/h1,6-7H,4-5H2,2H3,(H,9,10). The van der Waals surface area contributed by atoms with Crippen LogP contribution in [0.15, 0.2) is 0 Å². The normalized spacial score (nSPS) is 19.6. The van der Waals surface area contributed by atoms with E-state index >= 15 is 0 Å². The van der Waals surface area contributed by atoms with Crippen LogP contribution in [-0.4, -0.2) is 25.2 Å². The lowest BCUT2D eigenvalue weighted by atomic mass is 10.1. The summed E-state index contributed by atoms with van der Waals surface area (Å²) in [6.07, 6.45) is 5.08. The molecule has 0 aromatic carbocycles. The first kappa shape index (κ1) is 8.09. The maximum absolute atomic E-state index is 11.1. The largest absolute Gasteiger partial charge is 0.380 e. The van der Waals surface area contributed by atoms with E-state index in [-0.39, 0.29) is 17.9 Å². The Morgan fingerprint density at radius 3 is 2.82 bits per heavy atom. The lowest BCUT2D eigenvalue weighted by molar-refractivity contribution is -0.139. The van der Waals surface area contributed by atoms with E-state index in [1.165, 1.54) is 0 Å². The molecular formula is C8H11NO2. The zero-order chi connectivity index (χ0) is 8.27. The van der Waals surface area contributed by atoms with E-state index in [1.807, 2.05) is 0 Å². The Morgan fingerprint density at radius 1 is 1.82 bits per heavy atom. The summed E-state index contributed by atoms with van der Waals surface area (Å²) in [5.74, 6) is 2.45. The second kappa shape index (κ2) is 3.40. The highest BCUT2D eigenvalue weighted by molar-refractivity contribution is 5.80. The average molecular weight is 153 g/mol. The molecule has 1 amide bonds. The number of ether oxygens (including phenoxy) is 1. The number of amides is 1. The predicted molar refractivity (Wildman–Crippen MR) is 40.7 cm³/mol. The summed E-state index contributed by atoms with van der Waals surface area (Å²) >= 11 is 0. The van der Waals surface area contributed by atoms with Crippen LogP contribution in [0.3, 0.4) is 0 Å². The molecule has 0 aliphatic carbocycles. The van der Waals surface area contributed by atoms with Crippen LogP contribution in [0.4, 0.5) is 0 Å². The third-order valence-electron chi connectivity index (χ3n) is 1.62. The van der Waals surface area contributed by atoms with Crippen LogP contribution >= 0.6 is 0 Å². The summed E-state index contributed by atoms with van der Waals surface area (Å²) in [4.78, 5) is 11.1. The Bertz CT molecular complexity index is 191. The van der Waals surface area contributed by atoms with Gasteiger partial charge in [0.1, 0.15) is 0 Å². The Kier molecular flexibility index (Phi) is 2.50. The van der Waals surface area contributed by atoms with Crippen LogP contribution < -0.4 is 5.32 Å². The van der Waals surface area contributed by atoms with Gasteiger partial charge in [-0.2, -0.15) is 0 Å². The van der Waals surface area contributed by atoms with E-state index in [1.54, 1.807) is 6.92 Å². The summed E-state index contributed by atoms with van der Waals surface area (Å²) in [5, 5.41) is 2.68. The SMILES string of the molecule is C#CC(C)NC(=O)C1COC1. The fourth-order valence-corrected chi connectivity index (χ4v) is 0.760. The third-order valence-corrected chi connectivity index (χ3v) is 1.62. The molecular weight excluding hydrogens is 142 g/mol. The molecule has 1 heterocycles. The van der Waals surface area contributed by atoms with E-state index in [2.05, 4.69) is 11.2 Å². The molecule has 1 aliphatic heterocycles. The number of nitrogens with one attached hydrogen (secondary N) is 1. The first-order valence-corrected chi connectivity index (χ1v) is 3.58. The van der Waals surface area contributed by atoms with Gasteiger partial charge in [-0.05, 0) is 6.92 Å². The number of terminal acetylenes is 1. The Hall–Kier alpha value is -1.01.